The molecular formula is C6H9O2S-. The molecule has 2 nitrogen and oxygen atoms in total. The van der Waals surface area contributed by atoms with E-state index in [2.05, 4.69) is 5.92 Å². The fourth-order valence-corrected chi connectivity index (χ4v) is 0.887. The van der Waals surface area contributed by atoms with Crippen molar-refractivity contribution < 1.29 is 8.76 Å². The van der Waals surface area contributed by atoms with Crippen LogP contribution in [0.3, 0.4) is 0 Å². The van der Waals surface area contributed by atoms with Gasteiger partial charge < -0.3 is 4.55 Å². The summed E-state index contributed by atoms with van der Waals surface area (Å²) in [6.07, 6.45) is 7.11. The first-order valence-corrected chi connectivity index (χ1v) is 4.01. The van der Waals surface area contributed by atoms with Gasteiger partial charge in [0.2, 0.25) is 0 Å². The van der Waals surface area contributed by atoms with Crippen LogP contribution in [0.15, 0.2) is 0 Å². The van der Waals surface area contributed by atoms with Crippen LogP contribution in [0, 0.1) is 12.3 Å². The van der Waals surface area contributed by atoms with Crippen molar-refractivity contribution in [2.24, 2.45) is 0 Å². The summed E-state index contributed by atoms with van der Waals surface area (Å²) in [7, 11) is 0. The van der Waals surface area contributed by atoms with Crippen molar-refractivity contribution in [2.45, 2.75) is 19.3 Å². The van der Waals surface area contributed by atoms with Gasteiger partial charge in [0.05, 0.1) is 0 Å². The molecule has 0 aromatic heterocycles. The Morgan fingerprint density at radius 3 is 2.67 bits per heavy atom. The highest BCUT2D eigenvalue weighted by molar-refractivity contribution is 7.79. The van der Waals surface area contributed by atoms with Gasteiger partial charge in [0.1, 0.15) is 0 Å². The molecule has 3 heteroatoms. The molecule has 0 aliphatic rings. The largest absolute Gasteiger partial charge is 0.772 e. The number of hydrogen-bond donors (Lipinski definition) is 0. The molecule has 0 spiro atoms. The van der Waals surface area contributed by atoms with E-state index in [1.165, 1.54) is 0 Å². The molecule has 9 heavy (non-hydrogen) atoms. The van der Waals surface area contributed by atoms with Gasteiger partial charge in [0, 0.05) is 12.2 Å². The van der Waals surface area contributed by atoms with Gasteiger partial charge >= 0.3 is 0 Å². The summed E-state index contributed by atoms with van der Waals surface area (Å²) >= 11 is -1.89. The average Bonchev–Trinajstić information content (AvgIpc) is 1.80. The Hall–Kier alpha value is -0.330. The summed E-state index contributed by atoms with van der Waals surface area (Å²) in [4.78, 5) is 0. The van der Waals surface area contributed by atoms with Gasteiger partial charge in [-0.3, -0.25) is 4.21 Å². The normalized spacial score (nSPS) is 12.4. The van der Waals surface area contributed by atoms with E-state index in [-0.39, 0.29) is 5.75 Å². The lowest BCUT2D eigenvalue weighted by Crippen LogP contribution is -1.93. The first-order valence-electron chi connectivity index (χ1n) is 2.76. The molecule has 0 bridgehead atoms. The van der Waals surface area contributed by atoms with Crippen LogP contribution in [0.25, 0.3) is 0 Å². The molecule has 0 aromatic rings. The number of rotatable bonds is 4. The van der Waals surface area contributed by atoms with Crippen molar-refractivity contribution in [3.63, 3.8) is 0 Å². The first-order chi connectivity index (χ1) is 4.27. The molecule has 0 rings (SSSR count). The number of terminal acetylenes is 1. The average molecular weight is 145 g/mol. The van der Waals surface area contributed by atoms with Crippen LogP contribution >= 0.6 is 0 Å². The minimum atomic E-state index is -1.89. The van der Waals surface area contributed by atoms with Crippen LogP contribution in [-0.4, -0.2) is 14.5 Å². The standard InChI is InChI=1S/C6H10O2S/c1-2-3-4-5-6-9(7)8/h1H,3-6H2,(H,7,8)/p-1. The highest BCUT2D eigenvalue weighted by Crippen LogP contribution is 1.93. The quantitative estimate of drug-likeness (QED) is 0.331. The zero-order valence-corrected chi connectivity index (χ0v) is 5.95. The number of hydrogen-bond acceptors (Lipinski definition) is 2. The zero-order valence-electron chi connectivity index (χ0n) is 5.13. The Kier molecular flexibility index (Phi) is 5.59. The van der Waals surface area contributed by atoms with E-state index in [0.29, 0.717) is 12.8 Å². The lowest BCUT2D eigenvalue weighted by atomic mass is 10.3. The monoisotopic (exact) mass is 145 g/mol. The lowest BCUT2D eigenvalue weighted by molar-refractivity contribution is 0.534. The van der Waals surface area contributed by atoms with Crippen LogP contribution in [0.5, 0.6) is 0 Å². The fourth-order valence-electron chi connectivity index (χ4n) is 0.447. The Morgan fingerprint density at radius 2 is 2.22 bits per heavy atom. The molecule has 1 unspecified atom stereocenters. The van der Waals surface area contributed by atoms with Crippen molar-refractivity contribution in [2.75, 3.05) is 5.75 Å². The second kappa shape index (κ2) is 5.80. The number of unbranched alkanes of at least 4 members (excludes halogenated alkanes) is 2. The van der Waals surface area contributed by atoms with Gasteiger partial charge in [-0.25, -0.2) is 0 Å². The first kappa shape index (κ1) is 8.67. The maximum Gasteiger partial charge on any atom is 0.0102 e. The van der Waals surface area contributed by atoms with E-state index >= 15 is 0 Å². The summed E-state index contributed by atoms with van der Waals surface area (Å²) in [5, 5.41) is 0. The van der Waals surface area contributed by atoms with Crippen LogP contribution in [-0.2, 0) is 11.1 Å². The topological polar surface area (TPSA) is 40.1 Å². The highest BCUT2D eigenvalue weighted by atomic mass is 32.2. The van der Waals surface area contributed by atoms with E-state index in [9.17, 15) is 8.76 Å². The highest BCUT2D eigenvalue weighted by Gasteiger charge is 1.84. The SMILES string of the molecule is C#CCCCCS(=O)[O-]. The van der Waals surface area contributed by atoms with Crippen molar-refractivity contribution in [1.29, 1.82) is 0 Å². The van der Waals surface area contributed by atoms with E-state index in [0.717, 1.165) is 6.42 Å². The van der Waals surface area contributed by atoms with Crippen molar-refractivity contribution >= 4 is 11.1 Å². The van der Waals surface area contributed by atoms with Crippen molar-refractivity contribution in [3.8, 4) is 12.3 Å². The van der Waals surface area contributed by atoms with Gasteiger partial charge in [-0.05, 0) is 12.8 Å². The van der Waals surface area contributed by atoms with Crippen molar-refractivity contribution in [1.82, 2.24) is 0 Å². The molecule has 0 aliphatic carbocycles. The Balaban J connectivity index is 2.94. The predicted molar refractivity (Wildman–Crippen MR) is 36.5 cm³/mol. The van der Waals surface area contributed by atoms with E-state index in [4.69, 9.17) is 6.42 Å². The summed E-state index contributed by atoms with van der Waals surface area (Å²) < 4.78 is 19.8. The molecule has 0 saturated heterocycles. The molecule has 0 heterocycles. The summed E-state index contributed by atoms with van der Waals surface area (Å²) in [6.45, 7) is 0. The molecule has 0 amide bonds. The molecule has 52 valence electrons. The van der Waals surface area contributed by atoms with E-state index < -0.39 is 11.1 Å². The molecule has 0 N–H and O–H groups in total. The third kappa shape index (κ3) is 7.67. The zero-order chi connectivity index (χ0) is 7.11. The molecule has 0 radical (unpaired) electrons. The second-order valence-electron chi connectivity index (χ2n) is 1.67. The van der Waals surface area contributed by atoms with Gasteiger partial charge in [-0.2, -0.15) is 0 Å². The summed E-state index contributed by atoms with van der Waals surface area (Å²) in [5.74, 6) is 2.68. The van der Waals surface area contributed by atoms with E-state index in [1.54, 1.807) is 0 Å². The maximum atomic E-state index is 9.91. The molecule has 0 aliphatic heterocycles. The van der Waals surface area contributed by atoms with Crippen LogP contribution in [0.1, 0.15) is 19.3 Å². The molecule has 1 atom stereocenters. The minimum absolute atomic E-state index is 0.238. The second-order valence-corrected chi connectivity index (χ2v) is 2.68. The molecule has 0 fully saturated rings. The summed E-state index contributed by atoms with van der Waals surface area (Å²) in [5.41, 5.74) is 0. The maximum absolute atomic E-state index is 9.91. The third-order valence-electron chi connectivity index (χ3n) is 0.882. The van der Waals surface area contributed by atoms with Gasteiger partial charge in [-0.1, -0.05) is 11.1 Å². The predicted octanol–water partition coefficient (Wildman–Crippen LogP) is 0.669. The van der Waals surface area contributed by atoms with Crippen molar-refractivity contribution in [3.05, 3.63) is 0 Å². The van der Waals surface area contributed by atoms with Crippen LogP contribution in [0.2, 0.25) is 0 Å². The smallest absolute Gasteiger partial charge is 0.0102 e. The Bertz CT molecular complexity index is 126. The molecular weight excluding hydrogens is 136 g/mol. The van der Waals surface area contributed by atoms with Gasteiger partial charge in [-0.15, -0.1) is 12.3 Å². The minimum Gasteiger partial charge on any atom is -0.772 e. The van der Waals surface area contributed by atoms with Gasteiger partial charge in [0.25, 0.3) is 0 Å². The lowest BCUT2D eigenvalue weighted by Gasteiger charge is -2.01. The third-order valence-corrected chi connectivity index (χ3v) is 1.50. The molecule has 0 saturated carbocycles. The summed E-state index contributed by atoms with van der Waals surface area (Å²) in [6, 6.07) is 0. The fraction of sp³-hybridized carbons (Fsp3) is 0.667. The van der Waals surface area contributed by atoms with Crippen LogP contribution < -0.4 is 0 Å². The van der Waals surface area contributed by atoms with Crippen LogP contribution in [0.4, 0.5) is 0 Å². The Morgan fingerprint density at radius 1 is 1.56 bits per heavy atom. The molecule has 0 aromatic carbocycles. The van der Waals surface area contributed by atoms with E-state index in [1.807, 2.05) is 0 Å². The Labute approximate surface area is 57.9 Å². The van der Waals surface area contributed by atoms with Gasteiger partial charge in [0.15, 0.2) is 0 Å².